The number of thioether (sulfide) groups is 1. The zero-order chi connectivity index (χ0) is 17.9. The molecule has 1 heterocycles. The van der Waals surface area contributed by atoms with Crippen molar-refractivity contribution in [1.29, 1.82) is 0 Å². The Morgan fingerprint density at radius 3 is 2.58 bits per heavy atom. The number of benzene rings is 1. The summed E-state index contributed by atoms with van der Waals surface area (Å²) in [5.41, 5.74) is 0.608. The number of carboxylic acid groups (broad SMARTS) is 2. The Balaban J connectivity index is 2.28. The third-order valence-corrected chi connectivity index (χ3v) is 4.92. The van der Waals surface area contributed by atoms with Gasteiger partial charge in [-0.15, -0.1) is 0 Å². The standard InChI is InChI=1S/C15H12ClNO5S2/c16-9-4-2-1-3-8(9)7-11-13(20)17(15(23)24-11)10(14(21)22)5-6-12(18)19/h1-4,7,10H,5-6H2,(H,18,19)(H,21,22)/b11-7+. The Kier molecular flexibility index (Phi) is 5.98. The van der Waals surface area contributed by atoms with Gasteiger partial charge < -0.3 is 10.2 Å². The molecular formula is C15H12ClNO5S2. The van der Waals surface area contributed by atoms with E-state index < -0.39 is 23.9 Å². The second-order valence-corrected chi connectivity index (χ2v) is 6.94. The van der Waals surface area contributed by atoms with Crippen molar-refractivity contribution >= 4 is 63.8 Å². The first-order valence-corrected chi connectivity index (χ1v) is 8.37. The van der Waals surface area contributed by atoms with E-state index >= 15 is 0 Å². The number of rotatable bonds is 6. The quantitative estimate of drug-likeness (QED) is 0.574. The van der Waals surface area contributed by atoms with E-state index in [1.807, 2.05) is 0 Å². The van der Waals surface area contributed by atoms with Crippen LogP contribution in [0.2, 0.25) is 5.02 Å². The molecule has 9 heteroatoms. The van der Waals surface area contributed by atoms with Crippen LogP contribution in [0.4, 0.5) is 0 Å². The molecule has 0 radical (unpaired) electrons. The van der Waals surface area contributed by atoms with Crippen molar-refractivity contribution in [3.63, 3.8) is 0 Å². The highest BCUT2D eigenvalue weighted by Gasteiger charge is 2.40. The van der Waals surface area contributed by atoms with Crippen LogP contribution < -0.4 is 0 Å². The first-order valence-electron chi connectivity index (χ1n) is 6.77. The van der Waals surface area contributed by atoms with Crippen LogP contribution in [0.25, 0.3) is 6.08 Å². The van der Waals surface area contributed by atoms with E-state index in [-0.39, 0.29) is 22.1 Å². The van der Waals surface area contributed by atoms with Crippen molar-refractivity contribution in [2.75, 3.05) is 0 Å². The fraction of sp³-hybridized carbons (Fsp3) is 0.200. The van der Waals surface area contributed by atoms with Crippen molar-refractivity contribution in [2.45, 2.75) is 18.9 Å². The summed E-state index contributed by atoms with van der Waals surface area (Å²) < 4.78 is 0.0797. The average molecular weight is 386 g/mol. The summed E-state index contributed by atoms with van der Waals surface area (Å²) in [4.78, 5) is 35.8. The summed E-state index contributed by atoms with van der Waals surface area (Å²) in [6, 6.07) is 5.57. The van der Waals surface area contributed by atoms with E-state index in [0.29, 0.717) is 10.6 Å². The summed E-state index contributed by atoms with van der Waals surface area (Å²) >= 11 is 12.1. The molecular weight excluding hydrogens is 374 g/mol. The molecule has 1 amide bonds. The lowest BCUT2D eigenvalue weighted by Gasteiger charge is -2.22. The van der Waals surface area contributed by atoms with Crippen molar-refractivity contribution in [1.82, 2.24) is 4.90 Å². The molecule has 0 bridgehead atoms. The highest BCUT2D eigenvalue weighted by molar-refractivity contribution is 8.26. The van der Waals surface area contributed by atoms with Crippen molar-refractivity contribution in [3.05, 3.63) is 39.8 Å². The molecule has 0 aromatic heterocycles. The lowest BCUT2D eigenvalue weighted by Crippen LogP contribution is -2.44. The summed E-state index contributed by atoms with van der Waals surface area (Å²) in [5, 5.41) is 18.5. The number of halogens is 1. The minimum Gasteiger partial charge on any atom is -0.481 e. The van der Waals surface area contributed by atoms with Gasteiger partial charge in [0, 0.05) is 11.4 Å². The van der Waals surface area contributed by atoms with E-state index in [1.54, 1.807) is 24.3 Å². The Morgan fingerprint density at radius 1 is 1.33 bits per heavy atom. The van der Waals surface area contributed by atoms with Gasteiger partial charge in [0.25, 0.3) is 5.91 Å². The molecule has 2 rings (SSSR count). The topological polar surface area (TPSA) is 94.9 Å². The summed E-state index contributed by atoms with van der Waals surface area (Å²) in [6.07, 6.45) is 0.936. The van der Waals surface area contributed by atoms with E-state index in [2.05, 4.69) is 0 Å². The minimum absolute atomic E-state index is 0.0797. The second-order valence-electron chi connectivity index (χ2n) is 4.86. The van der Waals surface area contributed by atoms with E-state index in [9.17, 15) is 19.5 Å². The van der Waals surface area contributed by atoms with Crippen molar-refractivity contribution in [2.24, 2.45) is 0 Å². The van der Waals surface area contributed by atoms with Crippen LogP contribution in [0.1, 0.15) is 18.4 Å². The lowest BCUT2D eigenvalue weighted by molar-refractivity contribution is -0.146. The predicted molar refractivity (Wildman–Crippen MR) is 94.8 cm³/mol. The molecule has 1 aromatic carbocycles. The van der Waals surface area contributed by atoms with Crippen molar-refractivity contribution < 1.29 is 24.6 Å². The molecule has 0 spiro atoms. The van der Waals surface area contributed by atoms with Gasteiger partial charge >= 0.3 is 11.9 Å². The van der Waals surface area contributed by atoms with Crippen LogP contribution >= 0.6 is 35.6 Å². The molecule has 126 valence electrons. The number of aliphatic carboxylic acids is 2. The molecule has 0 saturated carbocycles. The molecule has 1 saturated heterocycles. The number of nitrogens with zero attached hydrogens (tertiary/aromatic N) is 1. The Hall–Kier alpha value is -1.90. The molecule has 1 aliphatic rings. The molecule has 1 atom stereocenters. The first-order chi connectivity index (χ1) is 11.3. The summed E-state index contributed by atoms with van der Waals surface area (Å²) in [6.45, 7) is 0. The third kappa shape index (κ3) is 4.14. The molecule has 1 fully saturated rings. The van der Waals surface area contributed by atoms with Gasteiger partial charge in [0.2, 0.25) is 0 Å². The third-order valence-electron chi connectivity index (χ3n) is 3.24. The number of amides is 1. The summed E-state index contributed by atoms with van der Waals surface area (Å²) in [7, 11) is 0. The molecule has 24 heavy (non-hydrogen) atoms. The molecule has 1 aliphatic heterocycles. The van der Waals surface area contributed by atoms with Gasteiger partial charge in [0.1, 0.15) is 10.4 Å². The van der Waals surface area contributed by atoms with Crippen LogP contribution in [0.3, 0.4) is 0 Å². The number of carbonyl (C=O) groups excluding carboxylic acids is 1. The Bertz CT molecular complexity index is 749. The molecule has 0 aliphatic carbocycles. The highest BCUT2D eigenvalue weighted by atomic mass is 35.5. The minimum atomic E-state index is -1.31. The summed E-state index contributed by atoms with van der Waals surface area (Å²) in [5.74, 6) is -3.01. The smallest absolute Gasteiger partial charge is 0.326 e. The fourth-order valence-corrected chi connectivity index (χ4v) is 3.64. The Labute approximate surface area is 152 Å². The second kappa shape index (κ2) is 7.78. The number of hydrogen-bond donors (Lipinski definition) is 2. The monoisotopic (exact) mass is 385 g/mol. The van der Waals surface area contributed by atoms with Crippen LogP contribution in [0, 0.1) is 0 Å². The molecule has 1 unspecified atom stereocenters. The van der Waals surface area contributed by atoms with Gasteiger partial charge in [-0.05, 0) is 24.1 Å². The van der Waals surface area contributed by atoms with E-state index in [0.717, 1.165) is 16.7 Å². The Morgan fingerprint density at radius 2 is 2.00 bits per heavy atom. The number of carbonyl (C=O) groups is 3. The van der Waals surface area contributed by atoms with Gasteiger partial charge in [-0.3, -0.25) is 14.5 Å². The van der Waals surface area contributed by atoms with Crippen LogP contribution in [-0.2, 0) is 14.4 Å². The van der Waals surface area contributed by atoms with Crippen LogP contribution in [-0.4, -0.2) is 43.3 Å². The fourth-order valence-electron chi connectivity index (χ4n) is 2.11. The largest absolute Gasteiger partial charge is 0.481 e. The molecule has 6 nitrogen and oxygen atoms in total. The van der Waals surface area contributed by atoms with Crippen molar-refractivity contribution in [3.8, 4) is 0 Å². The van der Waals surface area contributed by atoms with Gasteiger partial charge in [0.15, 0.2) is 0 Å². The number of thiocarbonyl (C=S) groups is 1. The molecule has 2 N–H and O–H groups in total. The van der Waals surface area contributed by atoms with Gasteiger partial charge in [-0.2, -0.15) is 0 Å². The predicted octanol–water partition coefficient (Wildman–Crippen LogP) is 2.86. The maximum Gasteiger partial charge on any atom is 0.326 e. The van der Waals surface area contributed by atoms with Gasteiger partial charge in [-0.1, -0.05) is 53.8 Å². The maximum atomic E-state index is 12.5. The zero-order valence-electron chi connectivity index (χ0n) is 12.1. The van der Waals surface area contributed by atoms with Gasteiger partial charge in [-0.25, -0.2) is 4.79 Å². The normalized spacial score (nSPS) is 17.4. The SMILES string of the molecule is O=C(O)CCC(C(=O)O)N1C(=O)/C(=C\c2ccccc2Cl)SC1=S. The average Bonchev–Trinajstić information content (AvgIpc) is 2.77. The van der Waals surface area contributed by atoms with E-state index in [1.165, 1.54) is 6.08 Å². The lowest BCUT2D eigenvalue weighted by atomic mass is 10.1. The maximum absolute atomic E-state index is 12.5. The highest BCUT2D eigenvalue weighted by Crippen LogP contribution is 2.35. The van der Waals surface area contributed by atoms with Crippen LogP contribution in [0.5, 0.6) is 0 Å². The number of carboxylic acids is 2. The van der Waals surface area contributed by atoms with Crippen LogP contribution in [0.15, 0.2) is 29.2 Å². The molecule has 1 aromatic rings. The van der Waals surface area contributed by atoms with E-state index in [4.69, 9.17) is 28.9 Å². The first kappa shape index (κ1) is 18.4. The number of hydrogen-bond acceptors (Lipinski definition) is 5. The van der Waals surface area contributed by atoms with Gasteiger partial charge in [0.05, 0.1) is 4.91 Å². The zero-order valence-corrected chi connectivity index (χ0v) is 14.5.